The highest BCUT2D eigenvalue weighted by atomic mass is 32.2. The van der Waals surface area contributed by atoms with Gasteiger partial charge in [-0.2, -0.15) is 0 Å². The number of carbonyl (C=O) groups is 7. The summed E-state index contributed by atoms with van der Waals surface area (Å²) in [7, 11) is 0. The highest BCUT2D eigenvalue weighted by molar-refractivity contribution is 7.81. The SMILES string of the molecule is C.C.C=CC(C)(C)C(C)=O.CC(=O)CS(=O)Oc1ccc(C)cc1.CC(=O)OC(C)(C)C.CC(=O)OC(C)(C)C.CC(=O)OC(C)(C)C.CC(C)=O.CCCC(C)OC(C)=O. The first-order valence-electron chi connectivity index (χ1n) is 19.2. The molecule has 14 heteroatoms. The average Bonchev–Trinajstić information content (AvgIpc) is 2.95. The predicted octanol–water partition coefficient (Wildman–Crippen LogP) is 11.1. The number of ketones is 3. The van der Waals surface area contributed by atoms with Gasteiger partial charge in [0.05, 0.1) is 6.10 Å². The fourth-order valence-electron chi connectivity index (χ4n) is 3.08. The number of benzene rings is 1. The van der Waals surface area contributed by atoms with E-state index < -0.39 is 11.1 Å². The maximum Gasteiger partial charge on any atom is 0.303 e. The van der Waals surface area contributed by atoms with Crippen molar-refractivity contribution in [2.45, 2.75) is 203 Å². The Kier molecular flexibility index (Phi) is 47.1. The van der Waals surface area contributed by atoms with Gasteiger partial charge in [0.15, 0.2) is 0 Å². The number of allylic oxidation sites excluding steroid dienone is 1. The molecule has 0 saturated carbocycles. The van der Waals surface area contributed by atoms with Crippen LogP contribution in [0.5, 0.6) is 5.75 Å². The third-order valence-corrected chi connectivity index (χ3v) is 6.38. The van der Waals surface area contributed by atoms with Crippen LogP contribution in [0.25, 0.3) is 0 Å². The Hall–Kier alpha value is -4.20. The summed E-state index contributed by atoms with van der Waals surface area (Å²) in [5, 5.41) is 0. The first-order valence-corrected chi connectivity index (χ1v) is 20.5. The van der Waals surface area contributed by atoms with Gasteiger partial charge in [0.1, 0.15) is 45.7 Å². The standard InChI is InChI=1S/C10H12O3S.C7H14O2.C7H12O.3C6H12O2.C3H6O.2CH4/c1-8-3-5-10(6-4-8)13-14(12)7-9(2)11;1-4-5-6(2)9-7(3)8;1-5-7(3,4)6(2)8;3*1-5(7)8-6(2,3)4;1-3(2)4;;/h3-6H,7H2,1-2H3;6H,4-5H2,1-3H3;5H,1H2,2-4H3;3*1-4H3;1-2H3;2*1H4. The molecule has 360 valence electrons. The molecule has 0 aliphatic rings. The minimum Gasteiger partial charge on any atom is -0.463 e. The molecular formula is C47H88O13S. The van der Waals surface area contributed by atoms with Crippen LogP contribution < -0.4 is 4.18 Å². The Morgan fingerprint density at radius 2 is 0.951 bits per heavy atom. The molecule has 0 N–H and O–H groups in total. The minimum absolute atomic E-state index is 0. The van der Waals surface area contributed by atoms with Crippen LogP contribution in [-0.4, -0.2) is 74.1 Å². The van der Waals surface area contributed by atoms with Crippen LogP contribution in [0.4, 0.5) is 0 Å². The fourth-order valence-corrected chi connectivity index (χ4v) is 3.80. The molecule has 0 aromatic heterocycles. The summed E-state index contributed by atoms with van der Waals surface area (Å²) in [4.78, 5) is 71.7. The van der Waals surface area contributed by atoms with Crippen molar-refractivity contribution in [3.8, 4) is 5.75 Å². The lowest BCUT2D eigenvalue weighted by Crippen LogP contribution is -2.21. The van der Waals surface area contributed by atoms with Gasteiger partial charge in [0.2, 0.25) is 11.1 Å². The van der Waals surface area contributed by atoms with Crippen LogP contribution in [0.3, 0.4) is 0 Å². The van der Waals surface area contributed by atoms with Gasteiger partial charge in [0, 0.05) is 33.1 Å². The molecule has 61 heavy (non-hydrogen) atoms. The molecule has 0 saturated heterocycles. The van der Waals surface area contributed by atoms with Crippen LogP contribution in [0.15, 0.2) is 36.9 Å². The second-order valence-electron chi connectivity index (χ2n) is 16.8. The third-order valence-electron chi connectivity index (χ3n) is 5.36. The van der Waals surface area contributed by atoms with Crippen LogP contribution in [-0.2, 0) is 63.6 Å². The molecule has 0 amide bonds. The lowest BCUT2D eigenvalue weighted by Gasteiger charge is -2.17. The Bertz CT molecular complexity index is 1340. The zero-order chi connectivity index (χ0) is 48.5. The molecule has 13 nitrogen and oxygen atoms in total. The number of carbonyl (C=O) groups excluding carboxylic acids is 7. The maximum absolute atomic E-state index is 11.2. The number of rotatable bonds is 9. The summed E-state index contributed by atoms with van der Waals surface area (Å²) in [5.74, 6) is -0.213. The number of aryl methyl sites for hydroxylation is 1. The van der Waals surface area contributed by atoms with Gasteiger partial charge >= 0.3 is 23.9 Å². The third kappa shape index (κ3) is 80.5. The van der Waals surface area contributed by atoms with E-state index in [4.69, 9.17) is 23.1 Å². The highest BCUT2D eigenvalue weighted by Gasteiger charge is 2.18. The topological polar surface area (TPSA) is 183 Å². The van der Waals surface area contributed by atoms with E-state index in [1.165, 1.54) is 48.5 Å². The van der Waals surface area contributed by atoms with Crippen molar-refractivity contribution in [1.82, 2.24) is 0 Å². The van der Waals surface area contributed by atoms with Gasteiger partial charge < -0.3 is 27.9 Å². The first kappa shape index (κ1) is 74.3. The normalized spacial score (nSPS) is 10.9. The summed E-state index contributed by atoms with van der Waals surface area (Å²) in [5.41, 5.74) is -0.210. The van der Waals surface area contributed by atoms with Gasteiger partial charge in [-0.05, 0) is 136 Å². The molecule has 2 unspecified atom stereocenters. The molecule has 1 aromatic carbocycles. The zero-order valence-corrected chi connectivity index (χ0v) is 41.3. The lowest BCUT2D eigenvalue weighted by atomic mass is 9.90. The van der Waals surface area contributed by atoms with Gasteiger partial charge in [-0.25, -0.2) is 4.21 Å². The Morgan fingerprint density at radius 1 is 0.639 bits per heavy atom. The van der Waals surface area contributed by atoms with E-state index >= 15 is 0 Å². The van der Waals surface area contributed by atoms with Gasteiger partial charge in [-0.1, -0.05) is 52.0 Å². The van der Waals surface area contributed by atoms with E-state index in [0.29, 0.717) is 5.75 Å². The minimum atomic E-state index is -1.56. The van der Waals surface area contributed by atoms with Crippen LogP contribution in [0.1, 0.15) is 179 Å². The van der Waals surface area contributed by atoms with Crippen molar-refractivity contribution in [1.29, 1.82) is 0 Å². The monoisotopic (exact) mass is 893 g/mol. The Balaban J connectivity index is -0.0000000912. The van der Waals surface area contributed by atoms with E-state index in [9.17, 15) is 37.8 Å². The number of hydrogen-bond donors (Lipinski definition) is 0. The second kappa shape index (κ2) is 38.7. The van der Waals surface area contributed by atoms with Gasteiger partial charge in [-0.3, -0.25) is 28.8 Å². The molecular weight excluding hydrogens is 805 g/mol. The van der Waals surface area contributed by atoms with E-state index in [0.717, 1.165) is 18.4 Å². The van der Waals surface area contributed by atoms with Crippen molar-refractivity contribution in [2.75, 3.05) is 5.75 Å². The van der Waals surface area contributed by atoms with Crippen molar-refractivity contribution >= 4 is 52.3 Å². The van der Waals surface area contributed by atoms with Crippen LogP contribution in [0.2, 0.25) is 0 Å². The first-order chi connectivity index (χ1) is 26.2. The second-order valence-corrected chi connectivity index (χ2v) is 17.8. The molecule has 0 radical (unpaired) electrons. The molecule has 0 heterocycles. The zero-order valence-electron chi connectivity index (χ0n) is 40.5. The Labute approximate surface area is 374 Å². The van der Waals surface area contributed by atoms with Crippen molar-refractivity contribution in [3.05, 3.63) is 42.5 Å². The molecule has 0 fully saturated rings. The quantitative estimate of drug-likeness (QED) is 0.130. The van der Waals surface area contributed by atoms with Crippen LogP contribution in [0, 0.1) is 12.3 Å². The van der Waals surface area contributed by atoms with Crippen LogP contribution >= 0.6 is 0 Å². The summed E-state index contributed by atoms with van der Waals surface area (Å²) < 4.78 is 35.5. The molecule has 2 atom stereocenters. The Morgan fingerprint density at radius 3 is 1.11 bits per heavy atom. The van der Waals surface area contributed by atoms with E-state index in [1.54, 1.807) is 25.1 Å². The molecule has 0 spiro atoms. The maximum atomic E-state index is 11.2. The highest BCUT2D eigenvalue weighted by Crippen LogP contribution is 2.16. The summed E-state index contributed by atoms with van der Waals surface area (Å²) in [6.45, 7) is 41.4. The molecule has 0 aliphatic heterocycles. The van der Waals surface area contributed by atoms with Crippen molar-refractivity contribution in [3.63, 3.8) is 0 Å². The van der Waals surface area contributed by atoms with E-state index in [2.05, 4.69) is 13.5 Å². The molecule has 1 rings (SSSR count). The number of ether oxygens (including phenoxy) is 4. The molecule has 0 bridgehead atoms. The van der Waals surface area contributed by atoms with E-state index in [1.807, 2.05) is 102 Å². The smallest absolute Gasteiger partial charge is 0.303 e. The summed E-state index contributed by atoms with van der Waals surface area (Å²) in [6.07, 6.45) is 3.77. The molecule has 1 aromatic rings. The molecule has 0 aliphatic carbocycles. The van der Waals surface area contributed by atoms with Crippen molar-refractivity contribution in [2.24, 2.45) is 5.41 Å². The predicted molar refractivity (Wildman–Crippen MR) is 251 cm³/mol. The largest absolute Gasteiger partial charge is 0.463 e. The lowest BCUT2D eigenvalue weighted by molar-refractivity contribution is -0.153. The number of esters is 4. The number of Topliss-reactive ketones (excluding diaryl/α,β-unsaturated/α-hetero) is 3. The van der Waals surface area contributed by atoms with Crippen molar-refractivity contribution < 1.29 is 60.9 Å². The average molecular weight is 893 g/mol. The van der Waals surface area contributed by atoms with E-state index in [-0.39, 0.29) is 90.2 Å². The number of hydrogen-bond acceptors (Lipinski definition) is 13. The van der Waals surface area contributed by atoms with Gasteiger partial charge in [0.25, 0.3) is 0 Å². The fraction of sp³-hybridized carbons (Fsp3) is 0.681. The summed E-state index contributed by atoms with van der Waals surface area (Å²) in [6, 6.07) is 7.18. The summed E-state index contributed by atoms with van der Waals surface area (Å²) >= 11 is -1.56. The van der Waals surface area contributed by atoms with Gasteiger partial charge in [-0.15, -0.1) is 6.58 Å².